The summed E-state index contributed by atoms with van der Waals surface area (Å²) in [5, 5.41) is 13.4. The van der Waals surface area contributed by atoms with Crippen molar-refractivity contribution in [3.05, 3.63) is 10.9 Å². The minimum atomic E-state index is -0.647. The van der Waals surface area contributed by atoms with Gasteiger partial charge in [-0.25, -0.2) is 0 Å². The molecule has 2 rings (SSSR count). The van der Waals surface area contributed by atoms with Crippen LogP contribution < -0.4 is 16.0 Å². The summed E-state index contributed by atoms with van der Waals surface area (Å²) in [4.78, 5) is 14.1. The highest BCUT2D eigenvalue weighted by molar-refractivity contribution is 7.18. The summed E-state index contributed by atoms with van der Waals surface area (Å²) >= 11 is 1.37. The van der Waals surface area contributed by atoms with Gasteiger partial charge in [0.1, 0.15) is 4.88 Å². The molecule has 4 N–H and O–H groups in total. The van der Waals surface area contributed by atoms with Crippen LogP contribution in [0.4, 0.5) is 10.7 Å². The predicted octanol–water partition coefficient (Wildman–Crippen LogP) is 0.651. The van der Waals surface area contributed by atoms with Crippen LogP contribution in [-0.4, -0.2) is 36.8 Å². The number of rotatable bonds is 2. The standard InChI is InChI=1S/C11H17N3O2S/c1-11(16)3-4-14(6-11)8-5-7(12)9(17-8)10(15)13-2/h5,16H,3-4,6,12H2,1-2H3,(H,13,15). The zero-order valence-corrected chi connectivity index (χ0v) is 10.8. The summed E-state index contributed by atoms with van der Waals surface area (Å²) in [5.74, 6) is -0.162. The van der Waals surface area contributed by atoms with Crippen molar-refractivity contribution in [2.24, 2.45) is 0 Å². The number of hydrogen-bond donors (Lipinski definition) is 3. The summed E-state index contributed by atoms with van der Waals surface area (Å²) in [5.41, 5.74) is 5.66. The zero-order chi connectivity index (χ0) is 12.6. The molecule has 1 aliphatic heterocycles. The number of nitrogens with zero attached hydrogens (tertiary/aromatic N) is 1. The van der Waals surface area contributed by atoms with Gasteiger partial charge in [0.05, 0.1) is 16.3 Å². The van der Waals surface area contributed by atoms with E-state index < -0.39 is 5.60 Å². The molecule has 0 spiro atoms. The lowest BCUT2D eigenvalue weighted by Gasteiger charge is -2.18. The molecule has 5 nitrogen and oxygen atoms in total. The Kier molecular flexibility index (Phi) is 3.01. The Morgan fingerprint density at radius 1 is 1.71 bits per heavy atom. The van der Waals surface area contributed by atoms with Gasteiger partial charge in [-0.05, 0) is 19.4 Å². The second-order valence-electron chi connectivity index (χ2n) is 4.62. The molecule has 0 aliphatic carbocycles. The number of nitrogens with one attached hydrogen (secondary N) is 1. The molecule has 0 saturated carbocycles. The molecule has 0 radical (unpaired) electrons. The van der Waals surface area contributed by atoms with E-state index in [4.69, 9.17) is 5.73 Å². The van der Waals surface area contributed by atoms with Crippen molar-refractivity contribution >= 4 is 27.9 Å². The van der Waals surface area contributed by atoms with Crippen LogP contribution in [0.2, 0.25) is 0 Å². The number of nitrogens with two attached hydrogens (primary N) is 1. The first kappa shape index (κ1) is 12.2. The van der Waals surface area contributed by atoms with E-state index in [1.54, 1.807) is 13.1 Å². The van der Waals surface area contributed by atoms with E-state index in [9.17, 15) is 9.90 Å². The van der Waals surface area contributed by atoms with Gasteiger partial charge in [0, 0.05) is 20.1 Å². The quantitative estimate of drug-likeness (QED) is 0.725. The molecule has 1 aliphatic rings. The molecule has 1 fully saturated rings. The van der Waals surface area contributed by atoms with Gasteiger partial charge in [0.2, 0.25) is 0 Å². The Balaban J connectivity index is 2.21. The fourth-order valence-electron chi connectivity index (χ4n) is 1.97. The number of hydrogen-bond acceptors (Lipinski definition) is 5. The van der Waals surface area contributed by atoms with Gasteiger partial charge in [-0.15, -0.1) is 11.3 Å². The van der Waals surface area contributed by atoms with Crippen molar-refractivity contribution in [1.82, 2.24) is 5.32 Å². The topological polar surface area (TPSA) is 78.6 Å². The molecular weight excluding hydrogens is 238 g/mol. The van der Waals surface area contributed by atoms with Crippen LogP contribution in [0.3, 0.4) is 0 Å². The summed E-state index contributed by atoms with van der Waals surface area (Å²) in [7, 11) is 1.59. The molecule has 17 heavy (non-hydrogen) atoms. The third kappa shape index (κ3) is 2.37. The van der Waals surface area contributed by atoms with Gasteiger partial charge in [-0.3, -0.25) is 4.79 Å². The van der Waals surface area contributed by atoms with Gasteiger partial charge in [0.15, 0.2) is 0 Å². The SMILES string of the molecule is CNC(=O)c1sc(N2CCC(C)(O)C2)cc1N. The third-order valence-corrected chi connectivity index (χ3v) is 4.15. The summed E-state index contributed by atoms with van der Waals surface area (Å²) in [6.07, 6.45) is 0.736. The van der Waals surface area contributed by atoms with E-state index in [0.717, 1.165) is 18.0 Å². The van der Waals surface area contributed by atoms with Crippen molar-refractivity contribution < 1.29 is 9.90 Å². The number of carbonyl (C=O) groups is 1. The molecule has 1 aromatic heterocycles. The number of thiophene rings is 1. The van der Waals surface area contributed by atoms with Crippen LogP contribution in [0.1, 0.15) is 23.0 Å². The fraction of sp³-hybridized carbons (Fsp3) is 0.545. The van der Waals surface area contributed by atoms with Crippen molar-refractivity contribution in [3.63, 3.8) is 0 Å². The lowest BCUT2D eigenvalue weighted by Crippen LogP contribution is -2.29. The van der Waals surface area contributed by atoms with Crippen LogP contribution in [0.25, 0.3) is 0 Å². The highest BCUT2D eigenvalue weighted by Crippen LogP contribution is 2.35. The first-order chi connectivity index (χ1) is 7.93. The smallest absolute Gasteiger partial charge is 0.263 e. The molecule has 0 aromatic carbocycles. The van der Waals surface area contributed by atoms with Crippen molar-refractivity contribution in [2.45, 2.75) is 18.9 Å². The lowest BCUT2D eigenvalue weighted by atomic mass is 10.1. The largest absolute Gasteiger partial charge is 0.397 e. The van der Waals surface area contributed by atoms with Gasteiger partial charge in [-0.2, -0.15) is 0 Å². The van der Waals surface area contributed by atoms with Crippen LogP contribution in [0.15, 0.2) is 6.07 Å². The second-order valence-corrected chi connectivity index (χ2v) is 5.65. The summed E-state index contributed by atoms with van der Waals surface area (Å²) < 4.78 is 0. The first-order valence-electron chi connectivity index (χ1n) is 5.52. The number of carbonyl (C=O) groups excluding carboxylic acids is 1. The average Bonchev–Trinajstić information content (AvgIpc) is 2.80. The van der Waals surface area contributed by atoms with E-state index in [1.165, 1.54) is 11.3 Å². The Hall–Kier alpha value is -1.27. The zero-order valence-electron chi connectivity index (χ0n) is 9.99. The van der Waals surface area contributed by atoms with Crippen LogP contribution in [0.5, 0.6) is 0 Å². The average molecular weight is 255 g/mol. The van der Waals surface area contributed by atoms with E-state index in [0.29, 0.717) is 17.1 Å². The van der Waals surface area contributed by atoms with Crippen LogP contribution >= 0.6 is 11.3 Å². The number of nitrogen functional groups attached to an aromatic ring is 1. The fourth-order valence-corrected chi connectivity index (χ4v) is 3.02. The minimum absolute atomic E-state index is 0.162. The molecular formula is C11H17N3O2S. The Morgan fingerprint density at radius 2 is 2.41 bits per heavy atom. The molecule has 94 valence electrons. The van der Waals surface area contributed by atoms with E-state index >= 15 is 0 Å². The first-order valence-corrected chi connectivity index (χ1v) is 6.33. The molecule has 1 amide bonds. The van der Waals surface area contributed by atoms with E-state index in [-0.39, 0.29) is 5.91 Å². The Morgan fingerprint density at radius 3 is 2.94 bits per heavy atom. The molecule has 0 bridgehead atoms. The van der Waals surface area contributed by atoms with Crippen molar-refractivity contribution in [1.29, 1.82) is 0 Å². The normalized spacial score (nSPS) is 24.1. The molecule has 2 heterocycles. The van der Waals surface area contributed by atoms with Gasteiger partial charge < -0.3 is 21.1 Å². The monoisotopic (exact) mass is 255 g/mol. The molecule has 1 atom stereocenters. The maximum Gasteiger partial charge on any atom is 0.263 e. The lowest BCUT2D eigenvalue weighted by molar-refractivity contribution is 0.0839. The molecule has 6 heteroatoms. The van der Waals surface area contributed by atoms with Crippen molar-refractivity contribution in [3.8, 4) is 0 Å². The maximum atomic E-state index is 11.5. The van der Waals surface area contributed by atoms with Crippen molar-refractivity contribution in [2.75, 3.05) is 30.8 Å². The molecule has 1 unspecified atom stereocenters. The van der Waals surface area contributed by atoms with E-state index in [1.807, 2.05) is 6.92 Å². The highest BCUT2D eigenvalue weighted by Gasteiger charge is 2.32. The van der Waals surface area contributed by atoms with E-state index in [2.05, 4.69) is 10.2 Å². The summed E-state index contributed by atoms with van der Waals surface area (Å²) in [6.45, 7) is 3.20. The van der Waals surface area contributed by atoms with Gasteiger partial charge >= 0.3 is 0 Å². The number of aliphatic hydroxyl groups is 1. The number of anilines is 2. The second kappa shape index (κ2) is 4.19. The minimum Gasteiger partial charge on any atom is -0.397 e. The number of amides is 1. The highest BCUT2D eigenvalue weighted by atomic mass is 32.1. The predicted molar refractivity (Wildman–Crippen MR) is 69.6 cm³/mol. The van der Waals surface area contributed by atoms with Crippen LogP contribution in [0, 0.1) is 0 Å². The molecule has 1 aromatic rings. The van der Waals surface area contributed by atoms with Gasteiger partial charge in [-0.1, -0.05) is 0 Å². The number of β-amino-alcohol motifs (C(OH)–C–C–N with tert-alkyl or cyclic N) is 1. The maximum absolute atomic E-state index is 11.5. The Bertz CT molecular complexity index is 442. The van der Waals surface area contributed by atoms with Crippen LogP contribution in [-0.2, 0) is 0 Å². The summed E-state index contributed by atoms with van der Waals surface area (Å²) in [6, 6.07) is 1.80. The Labute approximate surface area is 104 Å². The third-order valence-electron chi connectivity index (χ3n) is 2.94. The van der Waals surface area contributed by atoms with Gasteiger partial charge in [0.25, 0.3) is 5.91 Å². The molecule has 1 saturated heterocycles.